The van der Waals surface area contributed by atoms with Crippen molar-refractivity contribution in [3.05, 3.63) is 35.2 Å². The number of terminal acetylenes is 1. The van der Waals surface area contributed by atoms with E-state index in [1.54, 1.807) is 20.2 Å². The molecule has 1 unspecified atom stereocenters. The lowest BCUT2D eigenvalue weighted by Gasteiger charge is -2.16. The standard InChI is InChI=1S/C19H22N4O4/c1-6-11(7-2)20-14-15(19(27)23(5)18(14)26)21-13-10-8-9-12(16(13)24)17(25)22(3)4/h1,8-11,20-21,24H,7H2,2-5H3. The summed E-state index contributed by atoms with van der Waals surface area (Å²) in [7, 11) is 4.47. The van der Waals surface area contributed by atoms with Crippen LogP contribution in [0.1, 0.15) is 23.7 Å². The molecule has 0 bridgehead atoms. The van der Waals surface area contributed by atoms with E-state index in [2.05, 4.69) is 16.6 Å². The summed E-state index contributed by atoms with van der Waals surface area (Å²) in [6.07, 6.45) is 5.98. The number of aromatic hydroxyl groups is 1. The molecule has 142 valence electrons. The lowest BCUT2D eigenvalue weighted by Crippen LogP contribution is -2.33. The maximum atomic E-state index is 12.5. The molecule has 0 spiro atoms. The number of rotatable bonds is 6. The summed E-state index contributed by atoms with van der Waals surface area (Å²) in [6.45, 7) is 1.85. The Hall–Kier alpha value is -3.47. The number of hydrogen-bond donors (Lipinski definition) is 3. The van der Waals surface area contributed by atoms with Crippen LogP contribution in [0.15, 0.2) is 29.6 Å². The van der Waals surface area contributed by atoms with Crippen LogP contribution in [0.5, 0.6) is 5.75 Å². The summed E-state index contributed by atoms with van der Waals surface area (Å²) in [4.78, 5) is 39.3. The van der Waals surface area contributed by atoms with E-state index in [9.17, 15) is 19.5 Å². The van der Waals surface area contributed by atoms with Gasteiger partial charge in [-0.05, 0) is 18.6 Å². The third-order valence-corrected chi connectivity index (χ3v) is 4.15. The van der Waals surface area contributed by atoms with E-state index in [1.807, 2.05) is 6.92 Å². The minimum Gasteiger partial charge on any atom is -0.505 e. The Morgan fingerprint density at radius 1 is 1.30 bits per heavy atom. The number of nitrogens with zero attached hydrogens (tertiary/aromatic N) is 2. The van der Waals surface area contributed by atoms with Crippen LogP contribution < -0.4 is 10.6 Å². The highest BCUT2D eigenvalue weighted by Gasteiger charge is 2.37. The Morgan fingerprint density at radius 2 is 1.93 bits per heavy atom. The number of nitrogens with one attached hydrogen (secondary N) is 2. The number of anilines is 1. The van der Waals surface area contributed by atoms with E-state index in [0.717, 1.165) is 4.90 Å². The first-order valence-electron chi connectivity index (χ1n) is 8.32. The molecule has 0 fully saturated rings. The number of amides is 3. The Balaban J connectivity index is 2.46. The fourth-order valence-corrected chi connectivity index (χ4v) is 2.52. The molecule has 8 heteroatoms. The van der Waals surface area contributed by atoms with Crippen molar-refractivity contribution in [1.82, 2.24) is 15.1 Å². The second kappa shape index (κ2) is 7.83. The molecular formula is C19H22N4O4. The van der Waals surface area contributed by atoms with Gasteiger partial charge in [-0.3, -0.25) is 19.3 Å². The molecule has 0 saturated heterocycles. The lowest BCUT2D eigenvalue weighted by molar-refractivity contribution is -0.136. The van der Waals surface area contributed by atoms with Crippen LogP contribution in [0.4, 0.5) is 5.69 Å². The molecule has 1 aliphatic rings. The van der Waals surface area contributed by atoms with Crippen molar-refractivity contribution in [2.24, 2.45) is 0 Å². The molecule has 2 rings (SSSR count). The normalized spacial score (nSPS) is 14.9. The molecule has 0 aromatic heterocycles. The van der Waals surface area contributed by atoms with E-state index in [-0.39, 0.29) is 28.4 Å². The number of likely N-dealkylation sites (N-methyl/N-ethyl adjacent to an activating group) is 1. The first kappa shape index (κ1) is 19.8. The maximum Gasteiger partial charge on any atom is 0.279 e. The maximum absolute atomic E-state index is 12.5. The Bertz CT molecular complexity index is 867. The zero-order chi connectivity index (χ0) is 20.3. The SMILES string of the molecule is C#CC(CC)NC1=C(Nc2cccc(C(=O)N(C)C)c2O)C(=O)N(C)C1=O. The van der Waals surface area contributed by atoms with Gasteiger partial charge in [0.2, 0.25) is 0 Å². The summed E-state index contributed by atoms with van der Waals surface area (Å²) in [5.74, 6) is 0.691. The van der Waals surface area contributed by atoms with E-state index in [4.69, 9.17) is 6.42 Å². The highest BCUT2D eigenvalue weighted by atomic mass is 16.3. The molecule has 8 nitrogen and oxygen atoms in total. The predicted octanol–water partition coefficient (Wildman–Crippen LogP) is 0.717. The molecule has 1 heterocycles. The molecule has 0 saturated carbocycles. The number of carbonyl (C=O) groups excluding carboxylic acids is 3. The Kier molecular flexibility index (Phi) is 5.75. The van der Waals surface area contributed by atoms with Crippen LogP contribution in [0, 0.1) is 12.3 Å². The van der Waals surface area contributed by atoms with Crippen LogP contribution in [-0.2, 0) is 9.59 Å². The molecule has 27 heavy (non-hydrogen) atoms. The van der Waals surface area contributed by atoms with Gasteiger partial charge in [0.25, 0.3) is 17.7 Å². The molecule has 3 amide bonds. The smallest absolute Gasteiger partial charge is 0.279 e. The number of hydrogen-bond acceptors (Lipinski definition) is 6. The second-order valence-electron chi connectivity index (χ2n) is 6.22. The number of carbonyl (C=O) groups is 3. The zero-order valence-corrected chi connectivity index (χ0v) is 15.7. The van der Waals surface area contributed by atoms with E-state index in [1.165, 1.54) is 24.1 Å². The first-order valence-corrected chi connectivity index (χ1v) is 8.32. The van der Waals surface area contributed by atoms with Crippen LogP contribution in [0.2, 0.25) is 0 Å². The number of benzene rings is 1. The van der Waals surface area contributed by atoms with Gasteiger partial charge in [0.05, 0.1) is 17.3 Å². The summed E-state index contributed by atoms with van der Waals surface area (Å²) >= 11 is 0. The fraction of sp³-hybridized carbons (Fsp3) is 0.316. The van der Waals surface area contributed by atoms with Crippen LogP contribution in [0.25, 0.3) is 0 Å². The molecule has 1 aromatic rings. The summed E-state index contributed by atoms with van der Waals surface area (Å²) in [5.41, 5.74) is 0.180. The van der Waals surface area contributed by atoms with Crippen molar-refractivity contribution in [2.75, 3.05) is 26.5 Å². The third-order valence-electron chi connectivity index (χ3n) is 4.15. The minimum atomic E-state index is -0.571. The number of phenolic OH excluding ortho intramolecular Hbond substituents is 1. The highest BCUT2D eigenvalue weighted by Crippen LogP contribution is 2.31. The lowest BCUT2D eigenvalue weighted by atomic mass is 10.1. The average Bonchev–Trinajstić information content (AvgIpc) is 2.84. The van der Waals surface area contributed by atoms with Crippen molar-refractivity contribution in [3.63, 3.8) is 0 Å². The van der Waals surface area contributed by atoms with Gasteiger partial charge in [-0.15, -0.1) is 6.42 Å². The van der Waals surface area contributed by atoms with Crippen LogP contribution >= 0.6 is 0 Å². The first-order chi connectivity index (χ1) is 12.7. The van der Waals surface area contributed by atoms with Crippen LogP contribution in [-0.4, -0.2) is 59.8 Å². The molecular weight excluding hydrogens is 348 g/mol. The Morgan fingerprint density at radius 3 is 2.48 bits per heavy atom. The molecule has 0 radical (unpaired) electrons. The predicted molar refractivity (Wildman–Crippen MR) is 101 cm³/mol. The molecule has 1 aliphatic heterocycles. The third kappa shape index (κ3) is 3.72. The largest absolute Gasteiger partial charge is 0.505 e. The summed E-state index contributed by atoms with van der Waals surface area (Å²) in [6, 6.07) is 4.10. The van der Waals surface area contributed by atoms with Gasteiger partial charge in [0.1, 0.15) is 11.4 Å². The molecule has 1 atom stereocenters. The van der Waals surface area contributed by atoms with Gasteiger partial charge in [-0.2, -0.15) is 0 Å². The number of para-hydroxylation sites is 1. The van der Waals surface area contributed by atoms with Crippen molar-refractivity contribution >= 4 is 23.4 Å². The van der Waals surface area contributed by atoms with E-state index < -0.39 is 23.8 Å². The molecule has 3 N–H and O–H groups in total. The fourth-order valence-electron chi connectivity index (χ4n) is 2.52. The van der Waals surface area contributed by atoms with Gasteiger partial charge in [-0.1, -0.05) is 18.9 Å². The Labute approximate surface area is 157 Å². The summed E-state index contributed by atoms with van der Waals surface area (Å²) < 4.78 is 0. The van der Waals surface area contributed by atoms with Crippen molar-refractivity contribution in [3.8, 4) is 18.1 Å². The number of phenols is 1. The highest BCUT2D eigenvalue weighted by molar-refractivity contribution is 6.20. The van der Waals surface area contributed by atoms with E-state index in [0.29, 0.717) is 6.42 Å². The van der Waals surface area contributed by atoms with Gasteiger partial charge >= 0.3 is 0 Å². The topological polar surface area (TPSA) is 102 Å². The van der Waals surface area contributed by atoms with Gasteiger partial charge in [0, 0.05) is 21.1 Å². The van der Waals surface area contributed by atoms with Crippen molar-refractivity contribution in [2.45, 2.75) is 19.4 Å². The summed E-state index contributed by atoms with van der Waals surface area (Å²) in [5, 5.41) is 16.1. The van der Waals surface area contributed by atoms with Crippen LogP contribution in [0.3, 0.4) is 0 Å². The quantitative estimate of drug-likeness (QED) is 0.387. The monoisotopic (exact) mass is 370 g/mol. The van der Waals surface area contributed by atoms with E-state index >= 15 is 0 Å². The van der Waals surface area contributed by atoms with Crippen molar-refractivity contribution in [1.29, 1.82) is 0 Å². The molecule has 1 aromatic carbocycles. The van der Waals surface area contributed by atoms with Crippen molar-refractivity contribution < 1.29 is 19.5 Å². The molecule has 0 aliphatic carbocycles. The average molecular weight is 370 g/mol. The van der Waals surface area contributed by atoms with Gasteiger partial charge in [-0.25, -0.2) is 0 Å². The zero-order valence-electron chi connectivity index (χ0n) is 15.7. The second-order valence-corrected chi connectivity index (χ2v) is 6.22. The minimum absolute atomic E-state index is 0.0241. The van der Waals surface area contributed by atoms with Gasteiger partial charge in [0.15, 0.2) is 5.75 Å². The number of imide groups is 1. The van der Waals surface area contributed by atoms with Gasteiger partial charge < -0.3 is 20.6 Å².